The van der Waals surface area contributed by atoms with E-state index in [4.69, 9.17) is 13.9 Å². The molecule has 10 heteroatoms. The normalized spacial score (nSPS) is 15.8. The number of rotatable bonds is 5. The van der Waals surface area contributed by atoms with Crippen LogP contribution in [0.25, 0.3) is 21.9 Å². The molecule has 2 N–H and O–H groups in total. The molecule has 9 nitrogen and oxygen atoms in total. The van der Waals surface area contributed by atoms with E-state index in [1.54, 1.807) is 18.2 Å². The van der Waals surface area contributed by atoms with E-state index in [1.807, 2.05) is 19.9 Å². The monoisotopic (exact) mass is 437 g/mol. The van der Waals surface area contributed by atoms with Crippen LogP contribution in [0, 0.1) is 6.08 Å². The second-order valence-electron chi connectivity index (χ2n) is 7.43. The summed E-state index contributed by atoms with van der Waals surface area (Å²) in [6.07, 6.45) is 0.429. The van der Waals surface area contributed by atoms with Crippen LogP contribution in [0.5, 0.6) is 11.8 Å². The van der Waals surface area contributed by atoms with Crippen LogP contribution in [0.4, 0.5) is 10.1 Å². The average molecular weight is 437 g/mol. The van der Waals surface area contributed by atoms with E-state index < -0.39 is 6.08 Å². The van der Waals surface area contributed by atoms with Crippen LogP contribution in [0.2, 0.25) is 0 Å². The highest BCUT2D eigenvalue weighted by atomic mass is 19.1. The van der Waals surface area contributed by atoms with E-state index in [2.05, 4.69) is 25.6 Å². The molecule has 4 aromatic rings. The van der Waals surface area contributed by atoms with Crippen LogP contribution in [0.1, 0.15) is 30.0 Å². The van der Waals surface area contributed by atoms with Crippen LogP contribution in [-0.2, 0) is 11.3 Å². The Labute approximate surface area is 182 Å². The van der Waals surface area contributed by atoms with E-state index >= 15 is 0 Å². The van der Waals surface area contributed by atoms with E-state index in [-0.39, 0.29) is 36.1 Å². The summed E-state index contributed by atoms with van der Waals surface area (Å²) in [6, 6.07) is 6.98. The van der Waals surface area contributed by atoms with Crippen molar-refractivity contribution >= 4 is 33.5 Å². The Morgan fingerprint density at radius 3 is 2.97 bits per heavy atom. The fourth-order valence-corrected chi connectivity index (χ4v) is 3.63. The van der Waals surface area contributed by atoms with Gasteiger partial charge in [-0.25, -0.2) is 9.97 Å². The fraction of sp³-hybridized carbons (Fsp3) is 0.273. The number of carbonyl (C=O) groups is 1. The Balaban J connectivity index is 1.55. The van der Waals surface area contributed by atoms with Crippen LogP contribution in [0.3, 0.4) is 0 Å². The van der Waals surface area contributed by atoms with Crippen molar-refractivity contribution in [1.29, 1.82) is 0 Å². The highest BCUT2D eigenvalue weighted by Crippen LogP contribution is 2.38. The lowest BCUT2D eigenvalue weighted by Crippen LogP contribution is -2.34. The summed E-state index contributed by atoms with van der Waals surface area (Å²) in [5.41, 5.74) is 2.35. The van der Waals surface area contributed by atoms with Crippen LogP contribution >= 0.6 is 0 Å². The molecule has 4 heterocycles. The van der Waals surface area contributed by atoms with Gasteiger partial charge in [0, 0.05) is 36.8 Å². The molecular formula is C22H20FN5O4. The SMILES string of the molecule is CCOCc1cnc(F)nc1Oc1ccc2c(ccc3oc4c(c32)NC[C@@H](C)NC4=O)n1. The molecule has 0 fully saturated rings. The Morgan fingerprint density at radius 2 is 2.12 bits per heavy atom. The Kier molecular flexibility index (Phi) is 5.06. The van der Waals surface area contributed by atoms with Gasteiger partial charge in [0.25, 0.3) is 5.91 Å². The third-order valence-corrected chi connectivity index (χ3v) is 5.12. The quantitative estimate of drug-likeness (QED) is 0.454. The van der Waals surface area contributed by atoms with E-state index in [1.165, 1.54) is 6.20 Å². The van der Waals surface area contributed by atoms with E-state index in [0.29, 0.717) is 35.5 Å². The second kappa shape index (κ2) is 8.04. The third-order valence-electron chi connectivity index (χ3n) is 5.12. The molecule has 0 spiro atoms. The molecule has 0 unspecified atom stereocenters. The maximum atomic E-state index is 13.6. The molecule has 1 aromatic carbocycles. The number of fused-ring (bicyclic) bond motifs is 5. The number of carbonyl (C=O) groups excluding carboxylic acids is 1. The van der Waals surface area contributed by atoms with Gasteiger partial charge in [0.1, 0.15) is 5.58 Å². The van der Waals surface area contributed by atoms with Crippen molar-refractivity contribution in [2.45, 2.75) is 26.5 Å². The van der Waals surface area contributed by atoms with Crippen LogP contribution in [-0.4, -0.2) is 40.1 Å². The molecule has 0 radical (unpaired) electrons. The Bertz CT molecular complexity index is 1340. The first-order valence-electron chi connectivity index (χ1n) is 10.2. The van der Waals surface area contributed by atoms with Crippen molar-refractivity contribution in [2.24, 2.45) is 0 Å². The number of ether oxygens (including phenoxy) is 2. The zero-order valence-corrected chi connectivity index (χ0v) is 17.4. The van der Waals surface area contributed by atoms with E-state index in [9.17, 15) is 9.18 Å². The van der Waals surface area contributed by atoms with Gasteiger partial charge < -0.3 is 24.5 Å². The number of benzene rings is 1. The predicted octanol–water partition coefficient (Wildman–Crippen LogP) is 3.78. The molecule has 3 aromatic heterocycles. The summed E-state index contributed by atoms with van der Waals surface area (Å²) < 4.78 is 30.6. The number of anilines is 1. The summed E-state index contributed by atoms with van der Waals surface area (Å²) in [5, 5.41) is 7.74. The zero-order chi connectivity index (χ0) is 22.2. The van der Waals surface area contributed by atoms with Crippen molar-refractivity contribution in [3.8, 4) is 11.8 Å². The molecule has 5 rings (SSSR count). The van der Waals surface area contributed by atoms with Gasteiger partial charge in [-0.1, -0.05) is 0 Å². The summed E-state index contributed by atoms with van der Waals surface area (Å²) in [5.74, 6) is 0.265. The standard InChI is InChI=1S/C22H20FN5O4/c1-3-30-10-12-9-25-22(23)28-21(12)32-16-7-4-13-14(27-16)5-6-15-17(13)18-19(31-15)20(29)26-11(2)8-24-18/h4-7,9,11,24H,3,8,10H2,1-2H3,(H,26,29)/t11-/m1/s1. The minimum atomic E-state index is -0.901. The Hall–Kier alpha value is -3.79. The van der Waals surface area contributed by atoms with Gasteiger partial charge in [0.15, 0.2) is 0 Å². The fourth-order valence-electron chi connectivity index (χ4n) is 3.63. The van der Waals surface area contributed by atoms with Gasteiger partial charge >= 0.3 is 6.08 Å². The minimum Gasteiger partial charge on any atom is -0.449 e. The van der Waals surface area contributed by atoms with Crippen molar-refractivity contribution in [2.75, 3.05) is 18.5 Å². The first-order chi connectivity index (χ1) is 15.5. The van der Waals surface area contributed by atoms with Gasteiger partial charge in [-0.3, -0.25) is 4.79 Å². The number of nitrogens with one attached hydrogen (secondary N) is 2. The number of hydrogen-bond acceptors (Lipinski definition) is 8. The molecule has 0 bridgehead atoms. The lowest BCUT2D eigenvalue weighted by atomic mass is 10.1. The van der Waals surface area contributed by atoms with Crippen molar-refractivity contribution in [3.63, 3.8) is 0 Å². The zero-order valence-electron chi connectivity index (χ0n) is 17.4. The summed E-state index contributed by atoms with van der Waals surface area (Å²) in [7, 11) is 0. The number of amides is 1. The first-order valence-corrected chi connectivity index (χ1v) is 10.2. The predicted molar refractivity (Wildman–Crippen MR) is 114 cm³/mol. The first kappa shape index (κ1) is 20.1. The number of nitrogens with zero attached hydrogens (tertiary/aromatic N) is 3. The summed E-state index contributed by atoms with van der Waals surface area (Å²) >= 11 is 0. The van der Waals surface area contributed by atoms with Crippen molar-refractivity contribution in [1.82, 2.24) is 20.3 Å². The lowest BCUT2D eigenvalue weighted by Gasteiger charge is -2.11. The van der Waals surface area contributed by atoms with Gasteiger partial charge in [0.05, 0.1) is 28.8 Å². The largest absolute Gasteiger partial charge is 0.449 e. The van der Waals surface area contributed by atoms with Crippen LogP contribution in [0.15, 0.2) is 34.9 Å². The van der Waals surface area contributed by atoms with Crippen molar-refractivity contribution in [3.05, 3.63) is 47.9 Å². The highest BCUT2D eigenvalue weighted by molar-refractivity contribution is 6.16. The third kappa shape index (κ3) is 3.58. The molecule has 0 aliphatic carbocycles. The molecule has 0 saturated heterocycles. The second-order valence-corrected chi connectivity index (χ2v) is 7.43. The minimum absolute atomic E-state index is 0.0348. The average Bonchev–Trinajstić information content (AvgIpc) is 3.09. The number of halogens is 1. The lowest BCUT2D eigenvalue weighted by molar-refractivity contribution is 0.0920. The number of pyridine rings is 1. The molecule has 1 aliphatic heterocycles. The maximum Gasteiger partial charge on any atom is 0.311 e. The van der Waals surface area contributed by atoms with Gasteiger partial charge in [-0.2, -0.15) is 9.37 Å². The van der Waals surface area contributed by atoms with Gasteiger partial charge in [-0.05, 0) is 32.0 Å². The highest BCUT2D eigenvalue weighted by Gasteiger charge is 2.26. The molecule has 1 aliphatic rings. The molecule has 1 atom stereocenters. The summed E-state index contributed by atoms with van der Waals surface area (Å²) in [6.45, 7) is 5.01. The molecule has 164 valence electrons. The smallest absolute Gasteiger partial charge is 0.311 e. The number of hydrogen-bond donors (Lipinski definition) is 2. The van der Waals surface area contributed by atoms with E-state index in [0.717, 1.165) is 10.8 Å². The molecule has 0 saturated carbocycles. The molecule has 1 amide bonds. The van der Waals surface area contributed by atoms with Crippen LogP contribution < -0.4 is 15.4 Å². The number of aromatic nitrogens is 3. The Morgan fingerprint density at radius 1 is 1.25 bits per heavy atom. The summed E-state index contributed by atoms with van der Waals surface area (Å²) in [4.78, 5) is 24.3. The van der Waals surface area contributed by atoms with Gasteiger partial charge in [-0.15, -0.1) is 0 Å². The van der Waals surface area contributed by atoms with Crippen molar-refractivity contribution < 1.29 is 23.1 Å². The topological polar surface area (TPSA) is 111 Å². The maximum absolute atomic E-state index is 13.6. The number of furan rings is 1. The molecular weight excluding hydrogens is 417 g/mol. The molecule has 32 heavy (non-hydrogen) atoms. The van der Waals surface area contributed by atoms with Gasteiger partial charge in [0.2, 0.25) is 17.5 Å².